The predicted molar refractivity (Wildman–Crippen MR) is 76.7 cm³/mol. The van der Waals surface area contributed by atoms with Crippen molar-refractivity contribution < 1.29 is 18.3 Å². The molecule has 1 fully saturated rings. The molecular formula is C12H18N2O4S2. The highest BCUT2D eigenvalue weighted by Crippen LogP contribution is 2.27. The zero-order valence-corrected chi connectivity index (χ0v) is 13.2. The topological polar surface area (TPSA) is 77.9 Å². The smallest absolute Gasteiger partial charge is 0.336 e. The van der Waals surface area contributed by atoms with Gasteiger partial charge in [-0.2, -0.15) is 4.31 Å². The van der Waals surface area contributed by atoms with E-state index in [1.165, 1.54) is 15.8 Å². The first kappa shape index (κ1) is 15.4. The van der Waals surface area contributed by atoms with E-state index in [0.29, 0.717) is 13.1 Å². The third-order valence-corrected chi connectivity index (χ3v) is 6.99. The fraction of sp³-hybridized carbons (Fsp3) is 0.583. The van der Waals surface area contributed by atoms with Crippen LogP contribution in [-0.4, -0.2) is 60.9 Å². The summed E-state index contributed by atoms with van der Waals surface area (Å²) in [4.78, 5) is 13.0. The molecule has 1 N–H and O–H groups in total. The minimum Gasteiger partial charge on any atom is -0.478 e. The molecule has 2 unspecified atom stereocenters. The maximum absolute atomic E-state index is 12.5. The summed E-state index contributed by atoms with van der Waals surface area (Å²) in [6.07, 6.45) is 0. The lowest BCUT2D eigenvalue weighted by Crippen LogP contribution is -2.56. The molecule has 0 saturated carbocycles. The molecule has 0 spiro atoms. The van der Waals surface area contributed by atoms with Crippen molar-refractivity contribution in [1.29, 1.82) is 0 Å². The Morgan fingerprint density at radius 1 is 1.35 bits per heavy atom. The molecule has 6 nitrogen and oxygen atoms in total. The van der Waals surface area contributed by atoms with Crippen molar-refractivity contribution in [3.8, 4) is 0 Å². The van der Waals surface area contributed by atoms with Crippen molar-refractivity contribution in [2.75, 3.05) is 20.1 Å². The minimum absolute atomic E-state index is 0.0174. The van der Waals surface area contributed by atoms with Gasteiger partial charge in [-0.05, 0) is 27.0 Å². The fourth-order valence-electron chi connectivity index (χ4n) is 2.24. The van der Waals surface area contributed by atoms with Crippen molar-refractivity contribution in [2.24, 2.45) is 0 Å². The van der Waals surface area contributed by atoms with E-state index in [1.807, 2.05) is 20.9 Å². The predicted octanol–water partition coefficient (Wildman–Crippen LogP) is 1.16. The lowest BCUT2D eigenvalue weighted by Gasteiger charge is -2.41. The minimum atomic E-state index is -3.60. The molecule has 0 bridgehead atoms. The number of likely N-dealkylation sites (N-methyl/N-ethyl adjacent to an activating group) is 1. The van der Waals surface area contributed by atoms with Crippen LogP contribution in [0.5, 0.6) is 0 Å². The monoisotopic (exact) mass is 318 g/mol. The van der Waals surface area contributed by atoms with E-state index >= 15 is 0 Å². The highest BCUT2D eigenvalue weighted by molar-refractivity contribution is 7.91. The molecule has 1 aromatic rings. The van der Waals surface area contributed by atoms with Crippen LogP contribution >= 0.6 is 11.3 Å². The number of carboxylic acid groups (broad SMARTS) is 1. The van der Waals surface area contributed by atoms with Crippen molar-refractivity contribution >= 4 is 27.3 Å². The van der Waals surface area contributed by atoms with Gasteiger partial charge in [-0.25, -0.2) is 13.2 Å². The number of hydrogen-bond donors (Lipinski definition) is 1. The first-order valence-electron chi connectivity index (χ1n) is 6.27. The van der Waals surface area contributed by atoms with Gasteiger partial charge in [0.2, 0.25) is 0 Å². The first-order valence-corrected chi connectivity index (χ1v) is 8.59. The van der Waals surface area contributed by atoms with Gasteiger partial charge in [0.25, 0.3) is 10.0 Å². The number of nitrogens with zero attached hydrogens (tertiary/aromatic N) is 2. The Morgan fingerprint density at radius 3 is 2.35 bits per heavy atom. The molecule has 0 amide bonds. The van der Waals surface area contributed by atoms with Crippen LogP contribution in [0.1, 0.15) is 24.2 Å². The molecule has 2 atom stereocenters. The summed E-state index contributed by atoms with van der Waals surface area (Å²) in [5.74, 6) is -1.11. The molecule has 1 aliphatic heterocycles. The van der Waals surface area contributed by atoms with E-state index in [2.05, 4.69) is 4.90 Å². The largest absolute Gasteiger partial charge is 0.478 e. The van der Waals surface area contributed by atoms with Crippen LogP contribution < -0.4 is 0 Å². The normalized spacial score (nSPS) is 25.8. The Kier molecular flexibility index (Phi) is 4.19. The molecule has 112 valence electrons. The zero-order valence-electron chi connectivity index (χ0n) is 11.6. The van der Waals surface area contributed by atoms with Crippen LogP contribution in [-0.2, 0) is 10.0 Å². The van der Waals surface area contributed by atoms with Gasteiger partial charge < -0.3 is 5.11 Å². The zero-order chi connectivity index (χ0) is 15.1. The number of carboxylic acids is 1. The van der Waals surface area contributed by atoms with Crippen LogP contribution in [0.4, 0.5) is 0 Å². The van der Waals surface area contributed by atoms with Gasteiger partial charge in [-0.3, -0.25) is 4.90 Å². The summed E-state index contributed by atoms with van der Waals surface area (Å²) in [7, 11) is -1.62. The maximum Gasteiger partial charge on any atom is 0.336 e. The number of hydrogen-bond acceptors (Lipinski definition) is 5. The number of thiophene rings is 1. The highest BCUT2D eigenvalue weighted by Gasteiger charge is 2.35. The quantitative estimate of drug-likeness (QED) is 0.905. The molecule has 2 rings (SSSR count). The van der Waals surface area contributed by atoms with E-state index < -0.39 is 16.0 Å². The summed E-state index contributed by atoms with van der Waals surface area (Å²) < 4.78 is 26.6. The summed E-state index contributed by atoms with van der Waals surface area (Å²) in [6, 6.07) is 1.50. The molecule has 2 heterocycles. The Bertz CT molecular complexity index is 599. The Labute approximate surface area is 122 Å². The average Bonchev–Trinajstić information content (AvgIpc) is 2.85. The molecule has 20 heavy (non-hydrogen) atoms. The standard InChI is InChI=1S/C12H18N2O4S2/c1-8-5-14(6-9(2)13(8)3)20(17,18)11-4-10(7-19-11)12(15)16/h4,7-9H,5-6H2,1-3H3,(H,15,16). The molecule has 1 aromatic heterocycles. The summed E-state index contributed by atoms with van der Waals surface area (Å²) >= 11 is 0.958. The van der Waals surface area contributed by atoms with Crippen molar-refractivity contribution in [3.05, 3.63) is 17.0 Å². The SMILES string of the molecule is CC1CN(S(=O)(=O)c2cc(C(=O)O)cs2)CC(C)N1C. The van der Waals surface area contributed by atoms with Crippen molar-refractivity contribution in [3.63, 3.8) is 0 Å². The third kappa shape index (κ3) is 2.73. The second-order valence-corrected chi connectivity index (χ2v) is 8.22. The van der Waals surface area contributed by atoms with Crippen LogP contribution in [0.3, 0.4) is 0 Å². The number of piperazine rings is 1. The van der Waals surface area contributed by atoms with Gasteiger partial charge in [-0.1, -0.05) is 0 Å². The third-order valence-electron chi connectivity index (χ3n) is 3.74. The molecule has 0 radical (unpaired) electrons. The van der Waals surface area contributed by atoms with Crippen LogP contribution in [0.15, 0.2) is 15.7 Å². The van der Waals surface area contributed by atoms with Gasteiger partial charge in [0.05, 0.1) is 5.56 Å². The van der Waals surface area contributed by atoms with E-state index in [9.17, 15) is 13.2 Å². The maximum atomic E-state index is 12.5. The van der Waals surface area contributed by atoms with Gasteiger partial charge in [0.15, 0.2) is 0 Å². The Hall–Kier alpha value is -0.960. The fourth-order valence-corrected chi connectivity index (χ4v) is 5.15. The molecule has 1 saturated heterocycles. The Morgan fingerprint density at radius 2 is 1.90 bits per heavy atom. The van der Waals surface area contributed by atoms with E-state index in [0.717, 1.165) is 11.3 Å². The Balaban J connectivity index is 2.28. The van der Waals surface area contributed by atoms with Crippen LogP contribution in [0.25, 0.3) is 0 Å². The highest BCUT2D eigenvalue weighted by atomic mass is 32.2. The lowest BCUT2D eigenvalue weighted by molar-refractivity contribution is 0.0697. The van der Waals surface area contributed by atoms with E-state index in [1.54, 1.807) is 0 Å². The summed E-state index contributed by atoms with van der Waals surface area (Å²) in [5, 5.41) is 10.2. The molecule has 0 aliphatic carbocycles. The van der Waals surface area contributed by atoms with Crippen LogP contribution in [0.2, 0.25) is 0 Å². The van der Waals surface area contributed by atoms with Gasteiger partial charge in [-0.15, -0.1) is 11.3 Å². The molecule has 1 aliphatic rings. The van der Waals surface area contributed by atoms with Crippen LogP contribution in [0, 0.1) is 0 Å². The lowest BCUT2D eigenvalue weighted by atomic mass is 10.1. The average molecular weight is 318 g/mol. The summed E-state index contributed by atoms with van der Waals surface area (Å²) in [6.45, 7) is 4.80. The van der Waals surface area contributed by atoms with Gasteiger partial charge >= 0.3 is 5.97 Å². The summed E-state index contributed by atoms with van der Waals surface area (Å²) in [5.41, 5.74) is 0.0174. The van der Waals surface area contributed by atoms with Crippen molar-refractivity contribution in [2.45, 2.75) is 30.1 Å². The molecular weight excluding hydrogens is 300 g/mol. The van der Waals surface area contributed by atoms with Crippen molar-refractivity contribution in [1.82, 2.24) is 9.21 Å². The number of carbonyl (C=O) groups is 1. The van der Waals surface area contributed by atoms with E-state index in [-0.39, 0.29) is 21.9 Å². The number of sulfonamides is 1. The number of aromatic carboxylic acids is 1. The van der Waals surface area contributed by atoms with Gasteiger partial charge in [0, 0.05) is 30.6 Å². The molecule has 0 aromatic carbocycles. The second kappa shape index (κ2) is 5.44. The first-order chi connectivity index (χ1) is 9.23. The van der Waals surface area contributed by atoms with E-state index in [4.69, 9.17) is 5.11 Å². The number of rotatable bonds is 3. The molecule has 8 heteroatoms. The van der Waals surface area contributed by atoms with Gasteiger partial charge in [0.1, 0.15) is 4.21 Å². The second-order valence-electron chi connectivity index (χ2n) is 5.15.